The number of thioether (sulfide) groups is 1. The molecule has 7 nitrogen and oxygen atoms in total. The third kappa shape index (κ3) is 4.33. The number of H-pyrrole nitrogens is 1. The molecule has 3 heterocycles. The van der Waals surface area contributed by atoms with E-state index in [9.17, 15) is 9.59 Å². The lowest BCUT2D eigenvalue weighted by Crippen LogP contribution is -2.18. The van der Waals surface area contributed by atoms with E-state index in [4.69, 9.17) is 4.74 Å². The topological polar surface area (TPSA) is 97.0 Å². The van der Waals surface area contributed by atoms with E-state index in [0.29, 0.717) is 11.3 Å². The zero-order chi connectivity index (χ0) is 18.7. The van der Waals surface area contributed by atoms with Gasteiger partial charge in [-0.05, 0) is 39.2 Å². The van der Waals surface area contributed by atoms with Crippen molar-refractivity contribution in [3.05, 3.63) is 22.5 Å². The molecule has 0 radical (unpaired) electrons. The molecule has 0 bridgehead atoms. The summed E-state index contributed by atoms with van der Waals surface area (Å²) in [5, 5.41) is 12.2. The fourth-order valence-electron chi connectivity index (χ4n) is 3.10. The van der Waals surface area contributed by atoms with Crippen LogP contribution in [0.5, 0.6) is 0 Å². The van der Waals surface area contributed by atoms with E-state index < -0.39 is 0 Å². The molecule has 1 fully saturated rings. The van der Waals surface area contributed by atoms with Crippen LogP contribution in [0, 0.1) is 13.8 Å². The largest absolute Gasteiger partial charge is 0.376 e. The molecule has 0 amide bonds. The molecule has 1 aliphatic rings. The van der Waals surface area contributed by atoms with Crippen molar-refractivity contribution in [1.82, 2.24) is 15.2 Å². The molecule has 2 N–H and O–H groups in total. The predicted octanol–water partition coefficient (Wildman–Crippen LogP) is 3.25. The Morgan fingerprint density at radius 2 is 2.19 bits per heavy atom. The van der Waals surface area contributed by atoms with Gasteiger partial charge >= 0.3 is 0 Å². The van der Waals surface area contributed by atoms with Crippen LogP contribution in [0.1, 0.15) is 51.9 Å². The molecule has 2 aromatic rings. The molecule has 0 aromatic carbocycles. The van der Waals surface area contributed by atoms with Gasteiger partial charge in [0, 0.05) is 24.4 Å². The Balaban J connectivity index is 1.55. The van der Waals surface area contributed by atoms with E-state index in [1.807, 2.05) is 6.92 Å². The lowest BCUT2D eigenvalue weighted by Gasteiger charge is -2.08. The monoisotopic (exact) mass is 394 g/mol. The van der Waals surface area contributed by atoms with Gasteiger partial charge in [-0.15, -0.1) is 10.2 Å². The predicted molar refractivity (Wildman–Crippen MR) is 103 cm³/mol. The van der Waals surface area contributed by atoms with Gasteiger partial charge in [-0.2, -0.15) is 0 Å². The Bertz CT molecular complexity index is 809. The molecule has 1 aliphatic heterocycles. The Kier molecular flexibility index (Phi) is 6.10. The number of Topliss-reactive ketones (excluding diaryl/α,β-unsaturated/α-hetero) is 2. The molecule has 26 heavy (non-hydrogen) atoms. The second-order valence-corrected chi connectivity index (χ2v) is 8.48. The number of anilines is 1. The van der Waals surface area contributed by atoms with Gasteiger partial charge in [-0.1, -0.05) is 23.1 Å². The number of ketones is 2. The normalized spacial score (nSPS) is 16.8. The van der Waals surface area contributed by atoms with Gasteiger partial charge in [0.1, 0.15) is 0 Å². The van der Waals surface area contributed by atoms with Crippen LogP contribution in [0.4, 0.5) is 5.13 Å². The van der Waals surface area contributed by atoms with Crippen molar-refractivity contribution in [3.63, 3.8) is 0 Å². The average molecular weight is 395 g/mol. The maximum Gasteiger partial charge on any atom is 0.206 e. The highest BCUT2D eigenvalue weighted by Gasteiger charge is 2.20. The number of hydrogen-bond donors (Lipinski definition) is 2. The first-order valence-corrected chi connectivity index (χ1v) is 10.3. The Labute approximate surface area is 160 Å². The van der Waals surface area contributed by atoms with E-state index in [0.717, 1.165) is 46.7 Å². The van der Waals surface area contributed by atoms with E-state index in [1.165, 1.54) is 30.0 Å². The number of rotatable bonds is 8. The molecular formula is C17H22N4O3S2. The number of nitrogens with one attached hydrogen (secondary N) is 2. The average Bonchev–Trinajstić information content (AvgIpc) is 3.31. The fraction of sp³-hybridized carbons (Fsp3) is 0.529. The minimum Gasteiger partial charge on any atom is -0.376 e. The zero-order valence-corrected chi connectivity index (χ0v) is 16.7. The van der Waals surface area contributed by atoms with Gasteiger partial charge in [-0.3, -0.25) is 9.59 Å². The number of ether oxygens (including phenoxy) is 1. The van der Waals surface area contributed by atoms with E-state index in [2.05, 4.69) is 20.5 Å². The Hall–Kier alpha value is -1.71. The second kappa shape index (κ2) is 8.32. The SMILES string of the molecule is CC(=O)c1c(C)[nH]c(C(=O)CSc2nnc(NC[C@@H]3CCCO3)s2)c1C. The second-order valence-electron chi connectivity index (χ2n) is 6.28. The van der Waals surface area contributed by atoms with Gasteiger partial charge in [0.15, 0.2) is 15.9 Å². The molecule has 1 saturated heterocycles. The van der Waals surface area contributed by atoms with Crippen LogP contribution in [0.2, 0.25) is 0 Å². The summed E-state index contributed by atoms with van der Waals surface area (Å²) in [6.45, 7) is 6.68. The fourth-order valence-corrected chi connectivity index (χ4v) is 4.73. The van der Waals surface area contributed by atoms with Gasteiger partial charge in [-0.25, -0.2) is 0 Å². The number of nitrogens with zero attached hydrogens (tertiary/aromatic N) is 2. The first kappa shape index (κ1) is 19.1. The van der Waals surface area contributed by atoms with Crippen molar-refractivity contribution in [2.45, 2.75) is 44.1 Å². The summed E-state index contributed by atoms with van der Waals surface area (Å²) >= 11 is 2.78. The molecular weight excluding hydrogens is 372 g/mol. The highest BCUT2D eigenvalue weighted by Crippen LogP contribution is 2.27. The van der Waals surface area contributed by atoms with Gasteiger partial charge in [0.05, 0.1) is 17.6 Å². The molecule has 0 spiro atoms. The minimum absolute atomic E-state index is 0.0333. The first-order chi connectivity index (χ1) is 12.5. The molecule has 140 valence electrons. The van der Waals surface area contributed by atoms with Gasteiger partial charge in [0.25, 0.3) is 0 Å². The Morgan fingerprint density at radius 3 is 2.85 bits per heavy atom. The summed E-state index contributed by atoms with van der Waals surface area (Å²) in [6.07, 6.45) is 2.42. The van der Waals surface area contributed by atoms with E-state index in [1.54, 1.807) is 6.92 Å². The highest BCUT2D eigenvalue weighted by atomic mass is 32.2. The van der Waals surface area contributed by atoms with Gasteiger partial charge in [0.2, 0.25) is 5.13 Å². The van der Waals surface area contributed by atoms with Crippen LogP contribution < -0.4 is 5.32 Å². The summed E-state index contributed by atoms with van der Waals surface area (Å²) in [6, 6.07) is 0. The van der Waals surface area contributed by atoms with Crippen molar-refractivity contribution < 1.29 is 14.3 Å². The molecule has 0 aliphatic carbocycles. The summed E-state index contributed by atoms with van der Waals surface area (Å²) in [5.41, 5.74) is 2.56. The summed E-state index contributed by atoms with van der Waals surface area (Å²) in [7, 11) is 0. The Morgan fingerprint density at radius 1 is 1.38 bits per heavy atom. The van der Waals surface area contributed by atoms with Gasteiger partial charge < -0.3 is 15.0 Å². The number of hydrogen-bond acceptors (Lipinski definition) is 8. The molecule has 0 saturated carbocycles. The van der Waals surface area contributed by atoms with Crippen molar-refractivity contribution in [1.29, 1.82) is 0 Å². The van der Waals surface area contributed by atoms with E-state index in [-0.39, 0.29) is 23.4 Å². The third-order valence-electron chi connectivity index (χ3n) is 4.31. The van der Waals surface area contributed by atoms with Crippen LogP contribution in [0.3, 0.4) is 0 Å². The third-order valence-corrected chi connectivity index (χ3v) is 6.32. The summed E-state index contributed by atoms with van der Waals surface area (Å²) < 4.78 is 6.30. The molecule has 3 rings (SSSR count). The van der Waals surface area contributed by atoms with Crippen molar-refractivity contribution in [2.75, 3.05) is 24.2 Å². The van der Waals surface area contributed by atoms with Crippen LogP contribution in [-0.4, -0.2) is 51.8 Å². The molecule has 2 aromatic heterocycles. The smallest absolute Gasteiger partial charge is 0.206 e. The quantitative estimate of drug-likeness (QED) is 0.524. The highest BCUT2D eigenvalue weighted by molar-refractivity contribution is 8.01. The lowest BCUT2D eigenvalue weighted by atomic mass is 10.1. The van der Waals surface area contributed by atoms with E-state index >= 15 is 0 Å². The summed E-state index contributed by atoms with van der Waals surface area (Å²) in [5.74, 6) is 0.166. The first-order valence-electron chi connectivity index (χ1n) is 8.50. The van der Waals surface area contributed by atoms with Crippen LogP contribution in [0.15, 0.2) is 4.34 Å². The van der Waals surface area contributed by atoms with Crippen molar-refractivity contribution in [3.8, 4) is 0 Å². The number of carbonyl (C=O) groups excluding carboxylic acids is 2. The molecule has 0 unspecified atom stereocenters. The number of carbonyl (C=O) groups is 2. The summed E-state index contributed by atoms with van der Waals surface area (Å²) in [4.78, 5) is 27.2. The molecule has 9 heteroatoms. The standard InChI is InChI=1S/C17H22N4O3S2/c1-9-14(11(3)22)10(2)19-15(9)13(23)8-25-17-21-20-16(26-17)18-7-12-5-4-6-24-12/h12,19H,4-8H2,1-3H3,(H,18,20)/t12-/m0/s1. The van der Waals surface area contributed by atoms with Crippen LogP contribution >= 0.6 is 23.1 Å². The minimum atomic E-state index is -0.0489. The van der Waals surface area contributed by atoms with Crippen LogP contribution in [0.25, 0.3) is 0 Å². The van der Waals surface area contributed by atoms with Crippen molar-refractivity contribution in [2.24, 2.45) is 0 Å². The maximum atomic E-state index is 12.5. The number of aromatic amines is 1. The number of aryl methyl sites for hydroxylation is 1. The zero-order valence-electron chi connectivity index (χ0n) is 15.0. The van der Waals surface area contributed by atoms with Crippen LogP contribution in [-0.2, 0) is 4.74 Å². The molecule has 1 atom stereocenters. The number of aromatic nitrogens is 3. The maximum absolute atomic E-state index is 12.5. The van der Waals surface area contributed by atoms with Crippen molar-refractivity contribution >= 4 is 39.8 Å². The lowest BCUT2D eigenvalue weighted by molar-refractivity contribution is 0.101.